The summed E-state index contributed by atoms with van der Waals surface area (Å²) < 4.78 is 17.6. The quantitative estimate of drug-likeness (QED) is 0.478. The van der Waals surface area contributed by atoms with Crippen molar-refractivity contribution >= 4 is 23.2 Å². The van der Waals surface area contributed by atoms with Crippen molar-refractivity contribution in [2.75, 3.05) is 6.61 Å². The molecule has 5 heteroatoms. The fourth-order valence-corrected chi connectivity index (χ4v) is 2.47. The average molecular weight is 395 g/mol. The molecule has 0 spiro atoms. The summed E-state index contributed by atoms with van der Waals surface area (Å²) in [6.45, 7) is 8.54. The molecule has 0 unspecified atom stereocenters. The van der Waals surface area contributed by atoms with Crippen LogP contribution in [0.1, 0.15) is 39.2 Å². The topological polar surface area (TPSA) is 27.7 Å². The van der Waals surface area contributed by atoms with Gasteiger partial charge in [0.05, 0.1) is 6.10 Å². The maximum atomic E-state index is 6.06. The third-order valence-electron chi connectivity index (χ3n) is 3.51. The van der Waals surface area contributed by atoms with Crippen LogP contribution in [0, 0.1) is 0 Å². The van der Waals surface area contributed by atoms with Crippen LogP contribution in [0.15, 0.2) is 53.0 Å². The van der Waals surface area contributed by atoms with Gasteiger partial charge >= 0.3 is 0 Å². The van der Waals surface area contributed by atoms with Crippen LogP contribution in [0.2, 0.25) is 0 Å². The van der Waals surface area contributed by atoms with Gasteiger partial charge in [0.15, 0.2) is 0 Å². The van der Waals surface area contributed by atoms with Crippen molar-refractivity contribution in [2.45, 2.75) is 39.7 Å². The summed E-state index contributed by atoms with van der Waals surface area (Å²) in [5.74, 6) is 3.41. The maximum absolute atomic E-state index is 6.06. The van der Waals surface area contributed by atoms with Crippen molar-refractivity contribution in [3.8, 4) is 23.0 Å². The summed E-state index contributed by atoms with van der Waals surface area (Å²) in [6, 6.07) is 13.4. The first kappa shape index (κ1) is 20.5. The highest BCUT2D eigenvalue weighted by Gasteiger charge is 2.11. The van der Waals surface area contributed by atoms with Crippen LogP contribution in [-0.2, 0) is 0 Å². The Kier molecular flexibility index (Phi) is 7.67. The largest absolute Gasteiger partial charge is 0.491 e. The molecule has 0 atom stereocenters. The fourth-order valence-electron chi connectivity index (χ4n) is 2.35. The summed E-state index contributed by atoms with van der Waals surface area (Å²) in [5, 5.41) is 0. The maximum Gasteiger partial charge on any atom is 0.131 e. The van der Waals surface area contributed by atoms with Gasteiger partial charge in [0.1, 0.15) is 34.1 Å². The van der Waals surface area contributed by atoms with E-state index in [0.717, 1.165) is 28.6 Å². The Morgan fingerprint density at radius 1 is 0.923 bits per heavy atom. The molecule has 0 fully saturated rings. The van der Waals surface area contributed by atoms with Crippen molar-refractivity contribution in [2.24, 2.45) is 0 Å². The van der Waals surface area contributed by atoms with Crippen LogP contribution in [-0.4, -0.2) is 12.7 Å². The summed E-state index contributed by atoms with van der Waals surface area (Å²) >= 11 is 11.2. The van der Waals surface area contributed by atoms with E-state index in [1.807, 2.05) is 56.3 Å². The van der Waals surface area contributed by atoms with Gasteiger partial charge in [-0.25, -0.2) is 0 Å². The molecule has 2 rings (SSSR count). The van der Waals surface area contributed by atoms with Gasteiger partial charge in [-0.05, 0) is 68.3 Å². The van der Waals surface area contributed by atoms with E-state index in [4.69, 9.17) is 37.4 Å². The molecule has 0 N–H and O–H groups in total. The molecule has 0 saturated carbocycles. The van der Waals surface area contributed by atoms with Gasteiger partial charge < -0.3 is 14.2 Å². The molecule has 0 heterocycles. The summed E-state index contributed by atoms with van der Waals surface area (Å²) in [6.07, 6.45) is 1.74. The van der Waals surface area contributed by atoms with Crippen molar-refractivity contribution in [1.82, 2.24) is 0 Å². The zero-order valence-corrected chi connectivity index (χ0v) is 17.0. The van der Waals surface area contributed by atoms with Crippen LogP contribution < -0.4 is 14.2 Å². The molecular weight excluding hydrogens is 371 g/mol. The lowest BCUT2D eigenvalue weighted by Gasteiger charge is -2.16. The molecule has 0 aliphatic rings. The highest BCUT2D eigenvalue weighted by molar-refractivity contribution is 6.55. The molecule has 0 aliphatic carbocycles. The monoisotopic (exact) mass is 394 g/mol. The molecule has 0 aliphatic heterocycles. The van der Waals surface area contributed by atoms with Gasteiger partial charge in [0, 0.05) is 5.56 Å². The highest BCUT2D eigenvalue weighted by atomic mass is 35.5. The van der Waals surface area contributed by atoms with E-state index in [9.17, 15) is 0 Å². The lowest BCUT2D eigenvalue weighted by molar-refractivity contribution is 0.242. The van der Waals surface area contributed by atoms with Gasteiger partial charge in [-0.15, -0.1) is 0 Å². The Morgan fingerprint density at radius 3 is 2.12 bits per heavy atom. The van der Waals surface area contributed by atoms with E-state index >= 15 is 0 Å². The van der Waals surface area contributed by atoms with Gasteiger partial charge in [-0.1, -0.05) is 37.0 Å². The van der Waals surface area contributed by atoms with Gasteiger partial charge in [-0.2, -0.15) is 0 Å². The number of rotatable bonds is 8. The fraction of sp³-hybridized carbons (Fsp3) is 0.333. The van der Waals surface area contributed by atoms with E-state index in [-0.39, 0.29) is 16.5 Å². The molecule has 0 amide bonds. The minimum atomic E-state index is 0.144. The van der Waals surface area contributed by atoms with Crippen molar-refractivity contribution in [1.29, 1.82) is 0 Å². The number of ether oxygens (including phenoxy) is 3. The number of benzene rings is 2. The van der Waals surface area contributed by atoms with Crippen LogP contribution in [0.3, 0.4) is 0 Å². The first-order chi connectivity index (χ1) is 12.3. The normalized spacial score (nSPS) is 10.8. The molecule has 0 aromatic heterocycles. The van der Waals surface area contributed by atoms with Crippen LogP contribution in [0.4, 0.5) is 0 Å². The molecule has 140 valence electrons. The molecule has 0 saturated heterocycles. The Hall–Kier alpha value is -1.84. The zero-order valence-electron chi connectivity index (χ0n) is 15.5. The number of halogens is 2. The Morgan fingerprint density at radius 2 is 1.54 bits per heavy atom. The first-order valence-corrected chi connectivity index (χ1v) is 9.33. The zero-order chi connectivity index (χ0) is 19.1. The van der Waals surface area contributed by atoms with Crippen molar-refractivity contribution in [3.63, 3.8) is 0 Å². The first-order valence-electron chi connectivity index (χ1n) is 8.57. The average Bonchev–Trinajstić information content (AvgIpc) is 2.57. The van der Waals surface area contributed by atoms with Gasteiger partial charge in [0.25, 0.3) is 0 Å². The lowest BCUT2D eigenvalue weighted by Crippen LogP contribution is -2.05. The SMILES string of the molecule is CC(C)Oc1ccc(Oc2ccc(OCC=C(Cl)Cl)cc2C(C)C)cc1. The minimum absolute atomic E-state index is 0.144. The van der Waals surface area contributed by atoms with Crippen molar-refractivity contribution < 1.29 is 14.2 Å². The molecular formula is C21H24Cl2O3. The molecule has 0 bridgehead atoms. The van der Waals surface area contributed by atoms with E-state index in [0.29, 0.717) is 6.61 Å². The second-order valence-electron chi connectivity index (χ2n) is 6.40. The predicted molar refractivity (Wildman–Crippen MR) is 108 cm³/mol. The Labute approximate surface area is 165 Å². The third-order valence-corrected chi connectivity index (χ3v) is 3.82. The molecule has 3 nitrogen and oxygen atoms in total. The lowest BCUT2D eigenvalue weighted by atomic mass is 10.0. The highest BCUT2D eigenvalue weighted by Crippen LogP contribution is 2.34. The van der Waals surface area contributed by atoms with E-state index in [1.54, 1.807) is 6.08 Å². The second-order valence-corrected chi connectivity index (χ2v) is 7.41. The summed E-state index contributed by atoms with van der Waals surface area (Å²) in [5.41, 5.74) is 1.06. The number of hydrogen-bond acceptors (Lipinski definition) is 3. The van der Waals surface area contributed by atoms with Gasteiger partial charge in [-0.3, -0.25) is 0 Å². The number of hydrogen-bond donors (Lipinski definition) is 0. The van der Waals surface area contributed by atoms with E-state index in [2.05, 4.69) is 13.8 Å². The predicted octanol–water partition coefficient (Wildman–Crippen LogP) is 7.09. The van der Waals surface area contributed by atoms with Crippen molar-refractivity contribution in [3.05, 3.63) is 58.6 Å². The van der Waals surface area contributed by atoms with E-state index < -0.39 is 0 Å². The third kappa shape index (κ3) is 6.47. The van der Waals surface area contributed by atoms with Crippen LogP contribution in [0.5, 0.6) is 23.0 Å². The molecule has 2 aromatic rings. The van der Waals surface area contributed by atoms with Crippen LogP contribution >= 0.6 is 23.2 Å². The summed E-state index contributed by atoms with van der Waals surface area (Å²) in [7, 11) is 0. The Bertz CT molecular complexity index is 733. The smallest absolute Gasteiger partial charge is 0.131 e. The standard InChI is InChI=1S/C21H24Cl2O3/c1-14(2)19-13-18(24-12-11-21(22)23)9-10-20(19)26-17-7-5-16(6-8-17)25-15(3)4/h5-11,13-15H,12H2,1-4H3. The second kappa shape index (κ2) is 9.75. The minimum Gasteiger partial charge on any atom is -0.491 e. The molecule has 0 radical (unpaired) electrons. The van der Waals surface area contributed by atoms with Crippen LogP contribution in [0.25, 0.3) is 0 Å². The summed E-state index contributed by atoms with van der Waals surface area (Å²) in [4.78, 5) is 0. The molecule has 2 aromatic carbocycles. The Balaban J connectivity index is 2.14. The van der Waals surface area contributed by atoms with Gasteiger partial charge in [0.2, 0.25) is 0 Å². The van der Waals surface area contributed by atoms with E-state index in [1.165, 1.54) is 0 Å². The molecule has 26 heavy (non-hydrogen) atoms.